The fourth-order valence-electron chi connectivity index (χ4n) is 2.84. The van der Waals surface area contributed by atoms with Gasteiger partial charge in [-0.15, -0.1) is 0 Å². The van der Waals surface area contributed by atoms with Crippen LogP contribution in [0.1, 0.15) is 38.5 Å². The minimum atomic E-state index is 0.747. The average molecular weight is 175 g/mol. The third-order valence-electron chi connectivity index (χ3n) is 3.53. The average Bonchev–Trinajstić information content (AvgIpc) is 2.73. The number of unbranched alkanes of at least 4 members (excludes halogenated alkanes) is 2. The highest BCUT2D eigenvalue weighted by molar-refractivity contribution is 5.09. The van der Waals surface area contributed by atoms with Gasteiger partial charge in [0.1, 0.15) is 0 Å². The van der Waals surface area contributed by atoms with Gasteiger partial charge in [-0.3, -0.25) is 0 Å². The molecule has 0 N–H and O–H groups in total. The van der Waals surface area contributed by atoms with Crippen molar-refractivity contribution in [2.24, 2.45) is 17.8 Å². The highest BCUT2D eigenvalue weighted by atomic mass is 14.4. The van der Waals surface area contributed by atoms with E-state index in [0.717, 1.165) is 30.6 Å². The van der Waals surface area contributed by atoms with Crippen LogP contribution in [0.4, 0.5) is 0 Å². The first-order valence-electron chi connectivity index (χ1n) is 5.45. The van der Waals surface area contributed by atoms with E-state index in [9.17, 15) is 0 Å². The minimum absolute atomic E-state index is 0.747. The van der Waals surface area contributed by atoms with Gasteiger partial charge in [-0.2, -0.15) is 5.26 Å². The van der Waals surface area contributed by atoms with E-state index >= 15 is 0 Å². The summed E-state index contributed by atoms with van der Waals surface area (Å²) in [4.78, 5) is 0. The maximum atomic E-state index is 8.40. The molecule has 1 heteroatoms. The van der Waals surface area contributed by atoms with Crippen molar-refractivity contribution in [2.45, 2.75) is 38.5 Å². The Balaban J connectivity index is 1.67. The number of nitrogens with zero attached hydrogens (tertiary/aromatic N) is 1. The molecular weight excluding hydrogens is 158 g/mol. The maximum Gasteiger partial charge on any atom is 0.0621 e. The molecule has 0 radical (unpaired) electrons. The molecule has 0 heterocycles. The van der Waals surface area contributed by atoms with Crippen molar-refractivity contribution in [3.05, 3.63) is 12.2 Å². The van der Waals surface area contributed by atoms with E-state index < -0.39 is 0 Å². The first kappa shape index (κ1) is 8.81. The van der Waals surface area contributed by atoms with Crippen molar-refractivity contribution in [3.8, 4) is 6.07 Å². The third kappa shape index (κ3) is 1.94. The van der Waals surface area contributed by atoms with Crippen molar-refractivity contribution >= 4 is 0 Å². The second-order valence-electron chi connectivity index (χ2n) is 4.44. The SMILES string of the molecule is N#CCCCCC1CC2C=CC1C2. The summed E-state index contributed by atoms with van der Waals surface area (Å²) in [6.45, 7) is 0. The molecule has 1 fully saturated rings. The molecule has 0 spiro atoms. The molecule has 0 aliphatic heterocycles. The van der Waals surface area contributed by atoms with Gasteiger partial charge in [0, 0.05) is 6.42 Å². The Bertz CT molecular complexity index is 236. The zero-order valence-corrected chi connectivity index (χ0v) is 8.08. The molecule has 3 atom stereocenters. The van der Waals surface area contributed by atoms with Gasteiger partial charge >= 0.3 is 0 Å². The third-order valence-corrected chi connectivity index (χ3v) is 3.53. The Morgan fingerprint density at radius 2 is 2.15 bits per heavy atom. The number of nitriles is 1. The van der Waals surface area contributed by atoms with Crippen LogP contribution >= 0.6 is 0 Å². The van der Waals surface area contributed by atoms with Gasteiger partial charge in [0.15, 0.2) is 0 Å². The highest BCUT2D eigenvalue weighted by Crippen LogP contribution is 2.45. The Labute approximate surface area is 80.4 Å². The van der Waals surface area contributed by atoms with Gasteiger partial charge in [-0.1, -0.05) is 18.6 Å². The van der Waals surface area contributed by atoms with Crippen molar-refractivity contribution in [3.63, 3.8) is 0 Å². The first-order valence-corrected chi connectivity index (χ1v) is 5.45. The molecule has 0 aromatic carbocycles. The number of hydrogen-bond donors (Lipinski definition) is 0. The minimum Gasteiger partial charge on any atom is -0.198 e. The fourth-order valence-corrected chi connectivity index (χ4v) is 2.84. The number of rotatable bonds is 4. The molecule has 0 aromatic rings. The van der Waals surface area contributed by atoms with Crippen LogP contribution in [-0.4, -0.2) is 0 Å². The molecule has 3 unspecified atom stereocenters. The summed E-state index contributed by atoms with van der Waals surface area (Å²) < 4.78 is 0. The summed E-state index contributed by atoms with van der Waals surface area (Å²) >= 11 is 0. The molecule has 2 bridgehead atoms. The second-order valence-corrected chi connectivity index (χ2v) is 4.44. The largest absolute Gasteiger partial charge is 0.198 e. The van der Waals surface area contributed by atoms with Crippen molar-refractivity contribution in [2.75, 3.05) is 0 Å². The van der Waals surface area contributed by atoms with Crippen LogP contribution in [-0.2, 0) is 0 Å². The van der Waals surface area contributed by atoms with Gasteiger partial charge in [-0.05, 0) is 43.4 Å². The monoisotopic (exact) mass is 175 g/mol. The van der Waals surface area contributed by atoms with E-state index in [1.54, 1.807) is 0 Å². The van der Waals surface area contributed by atoms with Gasteiger partial charge < -0.3 is 0 Å². The van der Waals surface area contributed by atoms with E-state index in [1.807, 2.05) is 0 Å². The zero-order valence-electron chi connectivity index (χ0n) is 8.08. The lowest BCUT2D eigenvalue weighted by atomic mass is 9.89. The topological polar surface area (TPSA) is 23.8 Å². The Kier molecular flexibility index (Phi) is 2.68. The van der Waals surface area contributed by atoms with E-state index in [2.05, 4.69) is 18.2 Å². The van der Waals surface area contributed by atoms with Gasteiger partial charge in [0.05, 0.1) is 6.07 Å². The van der Waals surface area contributed by atoms with Crippen LogP contribution in [0.25, 0.3) is 0 Å². The predicted octanol–water partition coefficient (Wildman–Crippen LogP) is 3.28. The number of fused-ring (bicyclic) bond motifs is 2. The quantitative estimate of drug-likeness (QED) is 0.475. The van der Waals surface area contributed by atoms with Crippen LogP contribution in [0.3, 0.4) is 0 Å². The highest BCUT2D eigenvalue weighted by Gasteiger charge is 2.34. The van der Waals surface area contributed by atoms with Gasteiger partial charge in [0.25, 0.3) is 0 Å². The summed E-state index contributed by atoms with van der Waals surface area (Å²) in [5.74, 6) is 2.76. The second kappa shape index (κ2) is 3.96. The van der Waals surface area contributed by atoms with E-state index in [0.29, 0.717) is 0 Å². The molecule has 0 saturated heterocycles. The molecular formula is C12H17N. The van der Waals surface area contributed by atoms with Crippen LogP contribution < -0.4 is 0 Å². The van der Waals surface area contributed by atoms with Gasteiger partial charge in [0.2, 0.25) is 0 Å². The summed E-state index contributed by atoms with van der Waals surface area (Å²) in [5.41, 5.74) is 0. The Hall–Kier alpha value is -0.770. The normalized spacial score (nSPS) is 35.2. The molecule has 0 aromatic heterocycles. The molecule has 1 saturated carbocycles. The van der Waals surface area contributed by atoms with Crippen LogP contribution in [0.2, 0.25) is 0 Å². The molecule has 2 aliphatic carbocycles. The van der Waals surface area contributed by atoms with E-state index in [-0.39, 0.29) is 0 Å². The lowest BCUT2D eigenvalue weighted by molar-refractivity contribution is 0.399. The molecule has 2 rings (SSSR count). The predicted molar refractivity (Wildman–Crippen MR) is 52.9 cm³/mol. The molecule has 1 nitrogen and oxygen atoms in total. The summed E-state index contributed by atoms with van der Waals surface area (Å²) in [5, 5.41) is 8.40. The first-order chi connectivity index (χ1) is 6.40. The van der Waals surface area contributed by atoms with E-state index in [1.165, 1.54) is 25.7 Å². The van der Waals surface area contributed by atoms with Gasteiger partial charge in [-0.25, -0.2) is 0 Å². The lowest BCUT2D eigenvalue weighted by Gasteiger charge is -2.17. The van der Waals surface area contributed by atoms with Crippen LogP contribution in [0.5, 0.6) is 0 Å². The fraction of sp³-hybridized carbons (Fsp3) is 0.750. The summed E-state index contributed by atoms with van der Waals surface area (Å²) in [7, 11) is 0. The molecule has 0 amide bonds. The summed E-state index contributed by atoms with van der Waals surface area (Å²) in [6, 6.07) is 2.21. The zero-order chi connectivity index (χ0) is 9.10. The van der Waals surface area contributed by atoms with Crippen LogP contribution in [0, 0.1) is 29.1 Å². The Morgan fingerprint density at radius 3 is 2.77 bits per heavy atom. The lowest BCUT2D eigenvalue weighted by Crippen LogP contribution is -2.06. The summed E-state index contributed by atoms with van der Waals surface area (Å²) in [6.07, 6.45) is 12.1. The number of hydrogen-bond acceptors (Lipinski definition) is 1. The number of allylic oxidation sites excluding steroid dienone is 2. The molecule has 13 heavy (non-hydrogen) atoms. The Morgan fingerprint density at radius 1 is 1.23 bits per heavy atom. The standard InChI is InChI=1S/C12H17N/c13-7-3-1-2-4-11-8-10-5-6-12(11)9-10/h5-6,10-12H,1-4,8-9H2. The smallest absolute Gasteiger partial charge is 0.0621 e. The van der Waals surface area contributed by atoms with E-state index in [4.69, 9.17) is 5.26 Å². The van der Waals surface area contributed by atoms with Crippen LogP contribution in [0.15, 0.2) is 12.2 Å². The van der Waals surface area contributed by atoms with Crippen molar-refractivity contribution in [1.82, 2.24) is 0 Å². The van der Waals surface area contributed by atoms with Crippen molar-refractivity contribution < 1.29 is 0 Å². The van der Waals surface area contributed by atoms with Crippen molar-refractivity contribution in [1.29, 1.82) is 5.26 Å². The molecule has 2 aliphatic rings. The molecule has 70 valence electrons. The maximum absolute atomic E-state index is 8.40.